The van der Waals surface area contributed by atoms with Crippen molar-refractivity contribution in [2.75, 3.05) is 0 Å². The quantitative estimate of drug-likeness (QED) is 0.468. The summed E-state index contributed by atoms with van der Waals surface area (Å²) in [5, 5.41) is 0. The molecule has 0 saturated carbocycles. The zero-order chi connectivity index (χ0) is 11.5. The summed E-state index contributed by atoms with van der Waals surface area (Å²) in [5.41, 5.74) is 2.49. The van der Waals surface area contributed by atoms with Crippen LogP contribution in [0, 0.1) is 0 Å². The van der Waals surface area contributed by atoms with E-state index in [0.717, 1.165) is 22.3 Å². The van der Waals surface area contributed by atoms with Gasteiger partial charge in [-0.3, -0.25) is 4.21 Å². The van der Waals surface area contributed by atoms with Crippen LogP contribution in [0.4, 0.5) is 0 Å². The number of halogens is 1. The minimum Gasteiger partial charge on any atom is -0.768 e. The van der Waals surface area contributed by atoms with E-state index in [2.05, 4.69) is 28.7 Å². The lowest BCUT2D eigenvalue weighted by atomic mass is 9.94. The van der Waals surface area contributed by atoms with Crippen molar-refractivity contribution < 1.29 is 8.76 Å². The predicted octanol–water partition coefficient (Wildman–Crippen LogP) is 3.30. The molecule has 0 aliphatic heterocycles. The molecular weight excluding hydrogens is 335 g/mol. The van der Waals surface area contributed by atoms with E-state index in [1.807, 2.05) is 12.1 Å². The SMILES string of the molecule is O=S([O-])c1ccc(C2=CCC(I)CC2)cc1. The Morgan fingerprint density at radius 1 is 1.31 bits per heavy atom. The summed E-state index contributed by atoms with van der Waals surface area (Å²) in [7, 11) is 0. The van der Waals surface area contributed by atoms with Crippen molar-refractivity contribution in [3.63, 3.8) is 0 Å². The summed E-state index contributed by atoms with van der Waals surface area (Å²) in [4.78, 5) is 0.354. The van der Waals surface area contributed by atoms with Gasteiger partial charge in [0.25, 0.3) is 0 Å². The highest BCUT2D eigenvalue weighted by molar-refractivity contribution is 14.1. The highest BCUT2D eigenvalue weighted by Crippen LogP contribution is 2.30. The smallest absolute Gasteiger partial charge is 0.0249 e. The van der Waals surface area contributed by atoms with Crippen LogP contribution in [0.1, 0.15) is 24.8 Å². The predicted molar refractivity (Wildman–Crippen MR) is 73.3 cm³/mol. The van der Waals surface area contributed by atoms with E-state index in [9.17, 15) is 8.76 Å². The molecule has 1 aliphatic rings. The zero-order valence-corrected chi connectivity index (χ0v) is 11.7. The number of allylic oxidation sites excluding steroid dienone is 2. The largest absolute Gasteiger partial charge is 0.768 e. The molecule has 2 nitrogen and oxygen atoms in total. The van der Waals surface area contributed by atoms with Crippen molar-refractivity contribution >= 4 is 39.2 Å². The van der Waals surface area contributed by atoms with Gasteiger partial charge in [0.05, 0.1) is 0 Å². The molecule has 86 valence electrons. The molecular formula is C12H12IO2S-. The molecule has 0 fully saturated rings. The average Bonchev–Trinajstić information content (AvgIpc) is 2.30. The van der Waals surface area contributed by atoms with E-state index >= 15 is 0 Å². The number of rotatable bonds is 2. The van der Waals surface area contributed by atoms with Gasteiger partial charge in [0.1, 0.15) is 0 Å². The van der Waals surface area contributed by atoms with Crippen LogP contribution < -0.4 is 0 Å². The van der Waals surface area contributed by atoms with Gasteiger partial charge in [0, 0.05) is 8.82 Å². The Balaban J connectivity index is 2.19. The summed E-state index contributed by atoms with van der Waals surface area (Å²) < 4.78 is 22.2. The highest BCUT2D eigenvalue weighted by Gasteiger charge is 2.12. The van der Waals surface area contributed by atoms with Crippen molar-refractivity contribution in [2.24, 2.45) is 0 Å². The fourth-order valence-corrected chi connectivity index (χ4v) is 2.77. The van der Waals surface area contributed by atoms with Crippen LogP contribution in [0.2, 0.25) is 0 Å². The summed E-state index contributed by atoms with van der Waals surface area (Å²) in [6, 6.07) is 7.11. The van der Waals surface area contributed by atoms with Crippen LogP contribution in [0.25, 0.3) is 5.57 Å². The van der Waals surface area contributed by atoms with Gasteiger partial charge in [-0.05, 0) is 53.6 Å². The third-order valence-electron chi connectivity index (χ3n) is 2.76. The van der Waals surface area contributed by atoms with E-state index < -0.39 is 11.1 Å². The molecule has 4 heteroatoms. The van der Waals surface area contributed by atoms with Gasteiger partial charge in [0.2, 0.25) is 0 Å². The molecule has 0 N–H and O–H groups in total. The summed E-state index contributed by atoms with van der Waals surface area (Å²) >= 11 is 0.355. The van der Waals surface area contributed by atoms with Crippen LogP contribution in [-0.4, -0.2) is 12.7 Å². The van der Waals surface area contributed by atoms with E-state index in [4.69, 9.17) is 0 Å². The van der Waals surface area contributed by atoms with E-state index in [1.54, 1.807) is 12.1 Å². The third kappa shape index (κ3) is 2.93. The second-order valence-corrected chi connectivity index (χ2v) is 6.56. The fraction of sp³-hybridized carbons (Fsp3) is 0.333. The molecule has 0 aromatic heterocycles. The number of alkyl halides is 1. The third-order valence-corrected chi connectivity index (χ3v) is 4.55. The average molecular weight is 347 g/mol. The molecule has 1 aromatic carbocycles. The highest BCUT2D eigenvalue weighted by atomic mass is 127. The molecule has 0 radical (unpaired) electrons. The van der Waals surface area contributed by atoms with Gasteiger partial charge in [-0.25, -0.2) is 0 Å². The maximum Gasteiger partial charge on any atom is 0.0249 e. The van der Waals surface area contributed by atoms with Crippen molar-refractivity contribution in [2.45, 2.75) is 28.1 Å². The molecule has 2 atom stereocenters. The van der Waals surface area contributed by atoms with Gasteiger partial charge in [-0.1, -0.05) is 40.8 Å². The van der Waals surface area contributed by atoms with Gasteiger partial charge in [-0.15, -0.1) is 0 Å². The summed E-state index contributed by atoms with van der Waals surface area (Å²) in [6.07, 6.45) is 5.68. The minimum absolute atomic E-state index is 0.354. The Bertz CT molecular complexity index is 425. The molecule has 0 saturated heterocycles. The molecule has 1 aliphatic carbocycles. The van der Waals surface area contributed by atoms with Gasteiger partial charge in [0.15, 0.2) is 0 Å². The van der Waals surface area contributed by atoms with E-state index in [0.29, 0.717) is 4.90 Å². The standard InChI is InChI=1S/C12H13IO2S/c13-11-5-1-9(2-6-11)10-3-7-12(8-4-10)16(14)15/h1,3-4,7-8,11H,2,5-6H2,(H,14,15)/p-1. The summed E-state index contributed by atoms with van der Waals surface area (Å²) in [6.45, 7) is 0. The first-order valence-corrected chi connectivity index (χ1v) is 7.51. The Morgan fingerprint density at radius 2 is 2.00 bits per heavy atom. The van der Waals surface area contributed by atoms with Crippen molar-refractivity contribution in [1.82, 2.24) is 0 Å². The van der Waals surface area contributed by atoms with Crippen molar-refractivity contribution in [3.05, 3.63) is 35.9 Å². The second-order valence-electron chi connectivity index (χ2n) is 3.86. The lowest BCUT2D eigenvalue weighted by molar-refractivity contribution is 0.537. The zero-order valence-electron chi connectivity index (χ0n) is 8.69. The van der Waals surface area contributed by atoms with Gasteiger partial charge in [-0.2, -0.15) is 0 Å². The topological polar surface area (TPSA) is 40.1 Å². The fourth-order valence-electron chi connectivity index (χ4n) is 1.84. The van der Waals surface area contributed by atoms with E-state index in [-0.39, 0.29) is 0 Å². The summed E-state index contributed by atoms with van der Waals surface area (Å²) in [5.74, 6) is 0. The van der Waals surface area contributed by atoms with Gasteiger partial charge >= 0.3 is 0 Å². The Kier molecular flexibility index (Phi) is 4.16. The number of hydrogen-bond acceptors (Lipinski definition) is 2. The maximum absolute atomic E-state index is 10.7. The first-order valence-electron chi connectivity index (χ1n) is 5.19. The van der Waals surface area contributed by atoms with Crippen LogP contribution in [0.3, 0.4) is 0 Å². The molecule has 0 bridgehead atoms. The maximum atomic E-state index is 10.7. The van der Waals surface area contributed by atoms with Crippen LogP contribution in [0.15, 0.2) is 35.2 Å². The molecule has 1 aromatic rings. The normalized spacial score (nSPS) is 22.6. The van der Waals surface area contributed by atoms with Crippen molar-refractivity contribution in [1.29, 1.82) is 0 Å². The second kappa shape index (κ2) is 5.42. The Hall–Kier alpha value is -0.200. The Labute approximate surface area is 112 Å². The number of hydrogen-bond donors (Lipinski definition) is 0. The molecule has 0 spiro atoms. The van der Waals surface area contributed by atoms with Crippen molar-refractivity contribution in [3.8, 4) is 0 Å². The first kappa shape index (κ1) is 12.3. The first-order chi connectivity index (χ1) is 7.66. The van der Waals surface area contributed by atoms with Crippen LogP contribution in [0.5, 0.6) is 0 Å². The molecule has 0 heterocycles. The molecule has 2 unspecified atom stereocenters. The van der Waals surface area contributed by atoms with Crippen LogP contribution >= 0.6 is 22.6 Å². The Morgan fingerprint density at radius 3 is 2.50 bits per heavy atom. The van der Waals surface area contributed by atoms with E-state index in [1.165, 1.54) is 12.0 Å². The molecule has 0 amide bonds. The van der Waals surface area contributed by atoms with Gasteiger partial charge < -0.3 is 4.55 Å². The van der Waals surface area contributed by atoms with Crippen LogP contribution in [-0.2, 0) is 11.1 Å². The monoisotopic (exact) mass is 347 g/mol. The number of benzene rings is 1. The lowest BCUT2D eigenvalue weighted by Gasteiger charge is -2.17. The lowest BCUT2D eigenvalue weighted by Crippen LogP contribution is -2.03. The molecule has 16 heavy (non-hydrogen) atoms. The minimum atomic E-state index is -2.12. The molecule has 2 rings (SSSR count).